The van der Waals surface area contributed by atoms with E-state index in [-0.39, 0.29) is 11.2 Å². The van der Waals surface area contributed by atoms with Gasteiger partial charge in [-0.15, -0.1) is 0 Å². The van der Waals surface area contributed by atoms with Gasteiger partial charge >= 0.3 is 0 Å². The number of ether oxygens (including phenoxy) is 1. The van der Waals surface area contributed by atoms with Crippen LogP contribution in [0.1, 0.15) is 27.2 Å². The van der Waals surface area contributed by atoms with Gasteiger partial charge in [-0.3, -0.25) is 4.79 Å². The molecule has 0 radical (unpaired) electrons. The van der Waals surface area contributed by atoms with Gasteiger partial charge in [0.15, 0.2) is 5.76 Å². The molecule has 1 aliphatic carbocycles. The van der Waals surface area contributed by atoms with Gasteiger partial charge in [0.2, 0.25) is 5.78 Å². The smallest absolute Gasteiger partial charge is 0.226 e. The number of methoxy groups -OCH3 is 1. The van der Waals surface area contributed by atoms with Crippen LogP contribution < -0.4 is 0 Å². The maximum atomic E-state index is 11.5. The normalized spacial score (nSPS) is 27.8. The van der Waals surface area contributed by atoms with E-state index >= 15 is 0 Å². The molecule has 0 unspecified atom stereocenters. The average molecular weight is 184 g/mol. The van der Waals surface area contributed by atoms with Crippen LogP contribution in [0, 0.1) is 5.41 Å². The van der Waals surface area contributed by atoms with Crippen LogP contribution in [0.3, 0.4) is 0 Å². The van der Waals surface area contributed by atoms with E-state index in [1.54, 1.807) is 0 Å². The molecule has 0 amide bonds. The highest BCUT2D eigenvalue weighted by atomic mass is 16.5. The Labute approximate surface area is 78.4 Å². The third kappa shape index (κ3) is 1.61. The highest BCUT2D eigenvalue weighted by molar-refractivity contribution is 5.99. The predicted octanol–water partition coefficient (Wildman–Crippen LogP) is 1.27. The number of hydrogen-bond acceptors (Lipinski definition) is 3. The summed E-state index contributed by atoms with van der Waals surface area (Å²) in [4.78, 5) is 11.5. The molecule has 3 nitrogen and oxygen atoms in total. The molecule has 0 aromatic rings. The minimum Gasteiger partial charge on any atom is -0.493 e. The van der Waals surface area contributed by atoms with Crippen LogP contribution in [-0.4, -0.2) is 24.1 Å². The van der Waals surface area contributed by atoms with E-state index in [9.17, 15) is 9.90 Å². The van der Waals surface area contributed by atoms with Crippen LogP contribution >= 0.6 is 0 Å². The SMILES string of the molecule is COC1=C(C)CC(C)(C)[C@@H](O)C1=O. The molecule has 0 bridgehead atoms. The zero-order valence-corrected chi connectivity index (χ0v) is 8.55. The molecular formula is C10H16O3. The van der Waals surface area contributed by atoms with Crippen LogP contribution in [-0.2, 0) is 9.53 Å². The van der Waals surface area contributed by atoms with Crippen LogP contribution in [0.15, 0.2) is 11.3 Å². The van der Waals surface area contributed by atoms with Crippen molar-refractivity contribution >= 4 is 5.78 Å². The predicted molar refractivity (Wildman–Crippen MR) is 49.1 cm³/mol. The molecule has 0 heterocycles. The fourth-order valence-corrected chi connectivity index (χ4v) is 1.82. The van der Waals surface area contributed by atoms with Crippen molar-refractivity contribution in [3.05, 3.63) is 11.3 Å². The molecule has 0 saturated heterocycles. The summed E-state index contributed by atoms with van der Waals surface area (Å²) in [6.07, 6.45) is -0.241. The molecule has 1 aliphatic rings. The number of allylic oxidation sites excluding steroid dienone is 1. The van der Waals surface area contributed by atoms with E-state index in [1.165, 1.54) is 7.11 Å². The lowest BCUT2D eigenvalue weighted by atomic mass is 9.74. The summed E-state index contributed by atoms with van der Waals surface area (Å²) < 4.78 is 4.95. The van der Waals surface area contributed by atoms with Gasteiger partial charge in [-0.1, -0.05) is 13.8 Å². The molecule has 0 saturated carbocycles. The quantitative estimate of drug-likeness (QED) is 0.667. The summed E-state index contributed by atoms with van der Waals surface area (Å²) in [5, 5.41) is 9.66. The molecule has 0 fully saturated rings. The van der Waals surface area contributed by atoms with Crippen molar-refractivity contribution in [1.29, 1.82) is 0 Å². The van der Waals surface area contributed by atoms with Gasteiger partial charge in [-0.05, 0) is 18.9 Å². The summed E-state index contributed by atoms with van der Waals surface area (Å²) in [7, 11) is 1.46. The van der Waals surface area contributed by atoms with Crippen molar-refractivity contribution in [3.63, 3.8) is 0 Å². The second-order valence-corrected chi connectivity index (χ2v) is 4.25. The third-order valence-electron chi connectivity index (χ3n) is 2.52. The second-order valence-electron chi connectivity index (χ2n) is 4.25. The molecule has 0 spiro atoms. The Balaban J connectivity index is 3.08. The molecule has 0 aliphatic heterocycles. The molecule has 1 atom stereocenters. The third-order valence-corrected chi connectivity index (χ3v) is 2.52. The van der Waals surface area contributed by atoms with E-state index in [0.29, 0.717) is 12.2 Å². The molecule has 1 N–H and O–H groups in total. The van der Waals surface area contributed by atoms with E-state index in [2.05, 4.69) is 0 Å². The van der Waals surface area contributed by atoms with Crippen molar-refractivity contribution < 1.29 is 14.6 Å². The zero-order valence-electron chi connectivity index (χ0n) is 8.55. The summed E-state index contributed by atoms with van der Waals surface area (Å²) in [6.45, 7) is 5.63. The number of hydrogen-bond donors (Lipinski definition) is 1. The Bertz CT molecular complexity index is 263. The van der Waals surface area contributed by atoms with Gasteiger partial charge < -0.3 is 9.84 Å². The largest absolute Gasteiger partial charge is 0.493 e. The minimum absolute atomic E-state index is 0.295. The number of aliphatic hydroxyl groups excluding tert-OH is 1. The maximum absolute atomic E-state index is 11.5. The Morgan fingerprint density at radius 1 is 1.54 bits per heavy atom. The van der Waals surface area contributed by atoms with Gasteiger partial charge in [0, 0.05) is 5.41 Å². The first-order valence-corrected chi connectivity index (χ1v) is 4.36. The maximum Gasteiger partial charge on any atom is 0.226 e. The monoisotopic (exact) mass is 184 g/mol. The van der Waals surface area contributed by atoms with E-state index in [4.69, 9.17) is 4.74 Å². The first kappa shape index (κ1) is 10.3. The number of rotatable bonds is 1. The van der Waals surface area contributed by atoms with Gasteiger partial charge in [0.25, 0.3) is 0 Å². The van der Waals surface area contributed by atoms with Gasteiger partial charge in [0.1, 0.15) is 6.10 Å². The Hall–Kier alpha value is -0.830. The Morgan fingerprint density at radius 2 is 2.08 bits per heavy atom. The Kier molecular flexibility index (Phi) is 2.48. The molecular weight excluding hydrogens is 168 g/mol. The zero-order chi connectivity index (χ0) is 10.2. The minimum atomic E-state index is -0.939. The van der Waals surface area contributed by atoms with E-state index in [0.717, 1.165) is 5.57 Å². The average Bonchev–Trinajstić information content (AvgIpc) is 2.01. The standard InChI is InChI=1S/C10H16O3/c1-6-5-10(2,3)9(12)7(11)8(6)13-4/h9,12H,5H2,1-4H3/t9-/m0/s1. The molecule has 3 heteroatoms. The van der Waals surface area contributed by atoms with Crippen LogP contribution in [0.25, 0.3) is 0 Å². The van der Waals surface area contributed by atoms with Crippen LogP contribution in [0.4, 0.5) is 0 Å². The van der Waals surface area contributed by atoms with E-state index < -0.39 is 6.10 Å². The van der Waals surface area contributed by atoms with Gasteiger partial charge in [0.05, 0.1) is 7.11 Å². The van der Waals surface area contributed by atoms with Crippen LogP contribution in [0.2, 0.25) is 0 Å². The summed E-state index contributed by atoms with van der Waals surface area (Å²) >= 11 is 0. The fraction of sp³-hybridized carbons (Fsp3) is 0.700. The lowest BCUT2D eigenvalue weighted by Gasteiger charge is -2.34. The number of carbonyl (C=O) groups is 1. The summed E-state index contributed by atoms with van der Waals surface area (Å²) in [5.41, 5.74) is 0.547. The number of carbonyl (C=O) groups excluding carboxylic acids is 1. The van der Waals surface area contributed by atoms with Crippen molar-refractivity contribution in [1.82, 2.24) is 0 Å². The lowest BCUT2D eigenvalue weighted by molar-refractivity contribution is -0.133. The summed E-state index contributed by atoms with van der Waals surface area (Å²) in [6, 6.07) is 0. The lowest BCUT2D eigenvalue weighted by Crippen LogP contribution is -2.41. The number of ketones is 1. The number of Topliss-reactive ketones (excluding diaryl/α,β-unsaturated/α-hetero) is 1. The van der Waals surface area contributed by atoms with Crippen molar-refractivity contribution in [2.24, 2.45) is 5.41 Å². The fourth-order valence-electron chi connectivity index (χ4n) is 1.82. The highest BCUT2D eigenvalue weighted by Crippen LogP contribution is 2.36. The molecule has 74 valence electrons. The first-order valence-electron chi connectivity index (χ1n) is 4.36. The van der Waals surface area contributed by atoms with Crippen molar-refractivity contribution in [2.75, 3.05) is 7.11 Å². The molecule has 0 aromatic heterocycles. The second kappa shape index (κ2) is 3.14. The number of aliphatic hydroxyl groups is 1. The van der Waals surface area contributed by atoms with E-state index in [1.807, 2.05) is 20.8 Å². The van der Waals surface area contributed by atoms with Crippen LogP contribution in [0.5, 0.6) is 0 Å². The topological polar surface area (TPSA) is 46.5 Å². The molecule has 1 rings (SSSR count). The Morgan fingerprint density at radius 3 is 2.54 bits per heavy atom. The van der Waals surface area contributed by atoms with Gasteiger partial charge in [-0.25, -0.2) is 0 Å². The first-order chi connectivity index (χ1) is 5.90. The van der Waals surface area contributed by atoms with Crippen molar-refractivity contribution in [2.45, 2.75) is 33.3 Å². The summed E-state index contributed by atoms with van der Waals surface area (Å²) in [5.74, 6) is 0.0306. The molecule has 13 heavy (non-hydrogen) atoms. The van der Waals surface area contributed by atoms with Gasteiger partial charge in [-0.2, -0.15) is 0 Å². The highest BCUT2D eigenvalue weighted by Gasteiger charge is 2.40. The molecule has 0 aromatic carbocycles. The van der Waals surface area contributed by atoms with Crippen molar-refractivity contribution in [3.8, 4) is 0 Å².